The molecule has 180 valence electrons. The molecule has 1 N–H and O–H groups in total. The van der Waals surface area contributed by atoms with Gasteiger partial charge in [0.15, 0.2) is 0 Å². The maximum atomic E-state index is 11.6. The lowest BCUT2D eigenvalue weighted by molar-refractivity contribution is -0.145. The topological polar surface area (TPSA) is 92.7 Å². The van der Waals surface area contributed by atoms with E-state index >= 15 is 0 Å². The standard InChI is InChI=1S/C20H40O8S2/c21-6-7-23-8-9-24-10-11-25-12-13-26-14-15-27-16-17-28-20(22)4-2-1-3-19(30)5-18-29/h19,21,29-30H,1-18H2. The highest BCUT2D eigenvalue weighted by atomic mass is 32.1. The molecule has 1 atom stereocenters. The van der Waals surface area contributed by atoms with Crippen LogP contribution in [0, 0.1) is 0 Å². The molecule has 0 aromatic heterocycles. The summed E-state index contributed by atoms with van der Waals surface area (Å²) in [7, 11) is 0. The molecule has 0 aliphatic heterocycles. The van der Waals surface area contributed by atoms with Crippen LogP contribution in [0.3, 0.4) is 0 Å². The van der Waals surface area contributed by atoms with E-state index in [4.69, 9.17) is 33.5 Å². The van der Waals surface area contributed by atoms with E-state index in [0.29, 0.717) is 77.7 Å². The average molecular weight is 473 g/mol. The van der Waals surface area contributed by atoms with Gasteiger partial charge in [0.2, 0.25) is 0 Å². The summed E-state index contributed by atoms with van der Waals surface area (Å²) in [5.41, 5.74) is 0. The first-order chi connectivity index (χ1) is 14.7. The van der Waals surface area contributed by atoms with E-state index in [1.807, 2.05) is 0 Å². The molecule has 0 rings (SSSR count). The molecule has 0 aliphatic carbocycles. The lowest BCUT2D eigenvalue weighted by Crippen LogP contribution is -2.15. The van der Waals surface area contributed by atoms with Crippen molar-refractivity contribution in [2.45, 2.75) is 37.4 Å². The minimum atomic E-state index is -0.182. The van der Waals surface area contributed by atoms with Gasteiger partial charge in [-0.3, -0.25) is 4.79 Å². The quantitative estimate of drug-likeness (QED) is 0.111. The molecule has 8 nitrogen and oxygen atoms in total. The zero-order valence-electron chi connectivity index (χ0n) is 18.0. The maximum absolute atomic E-state index is 11.6. The lowest BCUT2D eigenvalue weighted by Gasteiger charge is -2.09. The molecule has 0 saturated heterocycles. The number of hydrogen-bond acceptors (Lipinski definition) is 10. The first kappa shape index (κ1) is 29.9. The first-order valence-corrected chi connectivity index (χ1v) is 11.8. The Balaban J connectivity index is 3.16. The third-order valence-corrected chi connectivity index (χ3v) is 4.62. The number of aliphatic hydroxyl groups excluding tert-OH is 1. The van der Waals surface area contributed by atoms with Crippen LogP contribution in [0.1, 0.15) is 32.1 Å². The molecule has 1 unspecified atom stereocenters. The molecule has 0 fully saturated rings. The number of rotatable bonds is 24. The van der Waals surface area contributed by atoms with Gasteiger partial charge in [-0.2, -0.15) is 25.3 Å². The summed E-state index contributed by atoms with van der Waals surface area (Å²) in [5.74, 6) is 0.660. The van der Waals surface area contributed by atoms with Crippen molar-refractivity contribution in [2.75, 3.05) is 85.0 Å². The van der Waals surface area contributed by atoms with Crippen LogP contribution in [-0.4, -0.2) is 101 Å². The fourth-order valence-corrected chi connectivity index (χ4v) is 3.10. The monoisotopic (exact) mass is 472 g/mol. The molecule has 0 aliphatic rings. The van der Waals surface area contributed by atoms with Crippen molar-refractivity contribution in [3.8, 4) is 0 Å². The Kier molecular flexibility index (Phi) is 25.1. The number of carbonyl (C=O) groups is 1. The van der Waals surface area contributed by atoms with Crippen LogP contribution in [-0.2, 0) is 33.2 Å². The number of esters is 1. The molecule has 10 heteroatoms. The van der Waals surface area contributed by atoms with Crippen LogP contribution in [0.4, 0.5) is 0 Å². The minimum Gasteiger partial charge on any atom is -0.463 e. The van der Waals surface area contributed by atoms with Gasteiger partial charge in [0.1, 0.15) is 6.61 Å². The second-order valence-corrected chi connectivity index (χ2v) is 7.60. The van der Waals surface area contributed by atoms with Crippen LogP contribution in [0.25, 0.3) is 0 Å². The zero-order chi connectivity index (χ0) is 22.1. The molecular formula is C20H40O8S2. The van der Waals surface area contributed by atoms with E-state index in [9.17, 15) is 4.79 Å². The van der Waals surface area contributed by atoms with E-state index < -0.39 is 0 Å². The highest BCUT2D eigenvalue weighted by molar-refractivity contribution is 7.81. The van der Waals surface area contributed by atoms with Crippen LogP contribution in [0.2, 0.25) is 0 Å². The Hall–Kier alpha value is -0.0700. The summed E-state index contributed by atoms with van der Waals surface area (Å²) in [6.07, 6.45) is 4.23. The highest BCUT2D eigenvalue weighted by Crippen LogP contribution is 2.12. The normalized spacial score (nSPS) is 12.2. The molecule has 0 aromatic rings. The van der Waals surface area contributed by atoms with Crippen molar-refractivity contribution in [3.63, 3.8) is 0 Å². The Labute approximate surface area is 192 Å². The fourth-order valence-electron chi connectivity index (χ4n) is 2.28. The largest absolute Gasteiger partial charge is 0.463 e. The molecule has 0 bridgehead atoms. The van der Waals surface area contributed by atoms with Gasteiger partial charge in [-0.1, -0.05) is 6.42 Å². The smallest absolute Gasteiger partial charge is 0.305 e. The second-order valence-electron chi connectivity index (χ2n) is 6.42. The molecule has 0 spiro atoms. The van der Waals surface area contributed by atoms with Crippen LogP contribution >= 0.6 is 25.3 Å². The van der Waals surface area contributed by atoms with Crippen LogP contribution in [0.15, 0.2) is 0 Å². The van der Waals surface area contributed by atoms with Crippen LogP contribution in [0.5, 0.6) is 0 Å². The Morgan fingerprint density at radius 3 is 1.63 bits per heavy atom. The number of aliphatic hydroxyl groups is 1. The Morgan fingerprint density at radius 2 is 1.17 bits per heavy atom. The number of ether oxygens (including phenoxy) is 6. The highest BCUT2D eigenvalue weighted by Gasteiger charge is 2.05. The predicted octanol–water partition coefficient (Wildman–Crippen LogP) is 1.78. The predicted molar refractivity (Wildman–Crippen MR) is 122 cm³/mol. The molecular weight excluding hydrogens is 432 g/mol. The van der Waals surface area contributed by atoms with Crippen molar-refractivity contribution < 1.29 is 38.3 Å². The van der Waals surface area contributed by atoms with E-state index in [-0.39, 0.29) is 19.2 Å². The van der Waals surface area contributed by atoms with Gasteiger partial charge in [-0.25, -0.2) is 0 Å². The summed E-state index contributed by atoms with van der Waals surface area (Å²) in [6, 6.07) is 0. The van der Waals surface area contributed by atoms with Crippen molar-refractivity contribution in [1.82, 2.24) is 0 Å². The minimum absolute atomic E-state index is 0.0245. The molecule has 0 saturated carbocycles. The number of thiol groups is 2. The molecule has 0 amide bonds. The third kappa shape index (κ3) is 24.2. The Morgan fingerprint density at radius 1 is 0.700 bits per heavy atom. The van der Waals surface area contributed by atoms with Crippen molar-refractivity contribution in [2.24, 2.45) is 0 Å². The first-order valence-electron chi connectivity index (χ1n) is 10.6. The van der Waals surface area contributed by atoms with Crippen molar-refractivity contribution >= 4 is 31.2 Å². The van der Waals surface area contributed by atoms with Gasteiger partial charge in [0.25, 0.3) is 0 Å². The van der Waals surface area contributed by atoms with Crippen molar-refractivity contribution in [3.05, 3.63) is 0 Å². The molecule has 0 aromatic carbocycles. The van der Waals surface area contributed by atoms with E-state index in [2.05, 4.69) is 25.3 Å². The summed E-state index contributed by atoms with van der Waals surface area (Å²) in [4.78, 5) is 11.6. The third-order valence-electron chi connectivity index (χ3n) is 3.84. The molecule has 0 radical (unpaired) electrons. The lowest BCUT2D eigenvalue weighted by atomic mass is 10.1. The second kappa shape index (κ2) is 25.2. The van der Waals surface area contributed by atoms with E-state index in [0.717, 1.165) is 31.4 Å². The van der Waals surface area contributed by atoms with Gasteiger partial charge in [-0.15, -0.1) is 0 Å². The summed E-state index contributed by atoms with van der Waals surface area (Å²) in [6.45, 7) is 4.83. The van der Waals surface area contributed by atoms with Gasteiger partial charge in [0, 0.05) is 11.7 Å². The summed E-state index contributed by atoms with van der Waals surface area (Å²) < 4.78 is 31.6. The van der Waals surface area contributed by atoms with E-state index in [1.54, 1.807) is 0 Å². The van der Waals surface area contributed by atoms with Gasteiger partial charge < -0.3 is 33.5 Å². The van der Waals surface area contributed by atoms with Gasteiger partial charge >= 0.3 is 5.97 Å². The van der Waals surface area contributed by atoms with Gasteiger partial charge in [-0.05, 0) is 25.0 Å². The zero-order valence-corrected chi connectivity index (χ0v) is 19.8. The molecule has 30 heavy (non-hydrogen) atoms. The van der Waals surface area contributed by atoms with Gasteiger partial charge in [0.05, 0.1) is 72.7 Å². The Bertz CT molecular complexity index is 364. The fraction of sp³-hybridized carbons (Fsp3) is 0.950. The number of carbonyl (C=O) groups excluding carboxylic acids is 1. The van der Waals surface area contributed by atoms with Crippen molar-refractivity contribution in [1.29, 1.82) is 0 Å². The summed E-state index contributed by atoms with van der Waals surface area (Å²) in [5, 5.41) is 8.90. The molecule has 0 heterocycles. The van der Waals surface area contributed by atoms with E-state index in [1.165, 1.54) is 0 Å². The number of unbranched alkanes of at least 4 members (excludes halogenated alkanes) is 1. The SMILES string of the molecule is O=C(CCCCC(S)CCS)OCCOCCOCCOCCOCCOCCO. The average Bonchev–Trinajstić information content (AvgIpc) is 2.73. The van der Waals surface area contributed by atoms with Crippen LogP contribution < -0.4 is 0 Å². The number of hydrogen-bond donors (Lipinski definition) is 3. The maximum Gasteiger partial charge on any atom is 0.305 e. The summed E-state index contributed by atoms with van der Waals surface area (Å²) >= 11 is 8.65.